The first-order valence-corrected chi connectivity index (χ1v) is 5.90. The van der Waals surface area contributed by atoms with Crippen molar-refractivity contribution in [1.82, 2.24) is 10.6 Å². The number of amides is 1. The van der Waals surface area contributed by atoms with Crippen LogP contribution in [-0.4, -0.2) is 25.0 Å². The van der Waals surface area contributed by atoms with Gasteiger partial charge in [-0.05, 0) is 17.9 Å². The molecule has 1 aromatic carbocycles. The van der Waals surface area contributed by atoms with Gasteiger partial charge in [-0.3, -0.25) is 4.79 Å². The van der Waals surface area contributed by atoms with Gasteiger partial charge in [0.05, 0.1) is 6.04 Å². The molecule has 3 rings (SSSR count). The molecule has 1 saturated carbocycles. The highest BCUT2D eigenvalue weighted by molar-refractivity contribution is 5.83. The first kappa shape index (κ1) is 9.85. The molecule has 1 aliphatic heterocycles. The van der Waals surface area contributed by atoms with Crippen LogP contribution in [0.4, 0.5) is 0 Å². The molecule has 2 aliphatic rings. The van der Waals surface area contributed by atoms with Gasteiger partial charge < -0.3 is 10.6 Å². The molecule has 3 nitrogen and oxygen atoms in total. The monoisotopic (exact) mass is 216 g/mol. The van der Waals surface area contributed by atoms with Gasteiger partial charge in [0.1, 0.15) is 0 Å². The summed E-state index contributed by atoms with van der Waals surface area (Å²) >= 11 is 0. The summed E-state index contributed by atoms with van der Waals surface area (Å²) in [5.74, 6) is 0.901. The summed E-state index contributed by atoms with van der Waals surface area (Å²) in [4.78, 5) is 11.9. The van der Waals surface area contributed by atoms with Crippen LogP contribution in [0, 0.1) is 5.92 Å². The van der Waals surface area contributed by atoms with Crippen LogP contribution in [0.5, 0.6) is 0 Å². The zero-order valence-corrected chi connectivity index (χ0v) is 9.15. The van der Waals surface area contributed by atoms with Gasteiger partial charge in [0.15, 0.2) is 0 Å². The van der Waals surface area contributed by atoms with Crippen molar-refractivity contribution in [2.24, 2.45) is 5.92 Å². The quantitative estimate of drug-likeness (QED) is 0.787. The van der Waals surface area contributed by atoms with E-state index in [4.69, 9.17) is 0 Å². The molecule has 3 heteroatoms. The highest BCUT2D eigenvalue weighted by Gasteiger charge is 2.44. The van der Waals surface area contributed by atoms with Gasteiger partial charge in [-0.25, -0.2) is 0 Å². The summed E-state index contributed by atoms with van der Waals surface area (Å²) in [5, 5.41) is 6.23. The Morgan fingerprint density at radius 3 is 2.62 bits per heavy atom. The summed E-state index contributed by atoms with van der Waals surface area (Å²) in [6.07, 6.45) is 1.01. The number of nitrogens with one attached hydrogen (secondary N) is 2. The summed E-state index contributed by atoms with van der Waals surface area (Å²) in [5.41, 5.74) is 1.30. The zero-order chi connectivity index (χ0) is 11.0. The third-order valence-corrected chi connectivity index (χ3v) is 3.48. The number of hydrogen-bond acceptors (Lipinski definition) is 2. The van der Waals surface area contributed by atoms with Gasteiger partial charge in [0, 0.05) is 19.0 Å². The number of rotatable bonds is 3. The maximum atomic E-state index is 11.9. The Morgan fingerprint density at radius 1 is 1.25 bits per heavy atom. The Morgan fingerprint density at radius 2 is 2.00 bits per heavy atom. The normalized spacial score (nSPS) is 28.2. The number of hydrogen-bond donors (Lipinski definition) is 2. The lowest BCUT2D eigenvalue weighted by atomic mass is 10.1. The lowest BCUT2D eigenvalue weighted by Crippen LogP contribution is -2.57. The van der Waals surface area contributed by atoms with Crippen LogP contribution < -0.4 is 10.6 Å². The summed E-state index contributed by atoms with van der Waals surface area (Å²) in [6.45, 7) is 1.85. The molecular formula is C13H16N2O. The van der Waals surface area contributed by atoms with Crippen molar-refractivity contribution in [3.63, 3.8) is 0 Å². The molecule has 0 radical (unpaired) electrons. The molecular weight excluding hydrogens is 200 g/mol. The van der Waals surface area contributed by atoms with E-state index in [0.717, 1.165) is 19.5 Å². The maximum absolute atomic E-state index is 11.9. The molecule has 2 N–H and O–H groups in total. The maximum Gasteiger partial charge on any atom is 0.224 e. The zero-order valence-electron chi connectivity index (χ0n) is 9.15. The van der Waals surface area contributed by atoms with Gasteiger partial charge in [0.2, 0.25) is 5.91 Å². The number of benzene rings is 1. The van der Waals surface area contributed by atoms with Gasteiger partial charge in [-0.15, -0.1) is 0 Å². The second kappa shape index (κ2) is 3.91. The average Bonchev–Trinajstić information content (AvgIpc) is 3.04. The molecule has 1 amide bonds. The molecule has 84 valence electrons. The van der Waals surface area contributed by atoms with E-state index in [1.165, 1.54) is 5.56 Å². The predicted octanol–water partition coefficient (Wildman–Crippen LogP) is 0.878. The fraction of sp³-hybridized carbons (Fsp3) is 0.462. The average molecular weight is 216 g/mol. The van der Waals surface area contributed by atoms with Gasteiger partial charge in [-0.2, -0.15) is 0 Å². The Labute approximate surface area is 95.2 Å². The Hall–Kier alpha value is -1.35. The lowest BCUT2D eigenvalue weighted by molar-refractivity contribution is -0.123. The highest BCUT2D eigenvalue weighted by Crippen LogP contribution is 2.47. The van der Waals surface area contributed by atoms with Crippen LogP contribution >= 0.6 is 0 Å². The third kappa shape index (κ3) is 1.83. The molecule has 0 bridgehead atoms. The second-order valence-electron chi connectivity index (χ2n) is 4.72. The van der Waals surface area contributed by atoms with Gasteiger partial charge in [-0.1, -0.05) is 30.3 Å². The molecule has 2 atom stereocenters. The van der Waals surface area contributed by atoms with Crippen molar-refractivity contribution in [3.8, 4) is 0 Å². The highest BCUT2D eigenvalue weighted by atomic mass is 16.2. The summed E-state index contributed by atoms with van der Waals surface area (Å²) < 4.78 is 0. The van der Waals surface area contributed by atoms with Crippen molar-refractivity contribution in [1.29, 1.82) is 0 Å². The Bertz CT molecular complexity index is 386. The van der Waals surface area contributed by atoms with Gasteiger partial charge >= 0.3 is 0 Å². The molecule has 1 aromatic rings. The van der Waals surface area contributed by atoms with Crippen molar-refractivity contribution in [3.05, 3.63) is 35.9 Å². The number of carbonyl (C=O) groups excluding carboxylic acids is 1. The van der Waals surface area contributed by atoms with Crippen LogP contribution in [0.2, 0.25) is 0 Å². The minimum absolute atomic E-state index is 0.211. The first-order valence-electron chi connectivity index (χ1n) is 5.90. The fourth-order valence-electron chi connectivity index (χ4n) is 2.25. The van der Waals surface area contributed by atoms with Crippen LogP contribution in [-0.2, 0) is 4.79 Å². The van der Waals surface area contributed by atoms with E-state index in [9.17, 15) is 4.79 Å². The summed E-state index contributed by atoms with van der Waals surface area (Å²) in [7, 11) is 0. The Balaban J connectivity index is 1.57. The van der Waals surface area contributed by atoms with E-state index in [0.29, 0.717) is 12.0 Å². The van der Waals surface area contributed by atoms with E-state index in [1.54, 1.807) is 0 Å². The molecule has 2 fully saturated rings. The molecule has 1 heterocycles. The largest absolute Gasteiger partial charge is 0.351 e. The van der Waals surface area contributed by atoms with E-state index in [-0.39, 0.29) is 11.8 Å². The second-order valence-corrected chi connectivity index (χ2v) is 4.72. The van der Waals surface area contributed by atoms with Crippen LogP contribution in [0.15, 0.2) is 30.3 Å². The topological polar surface area (TPSA) is 41.1 Å². The minimum Gasteiger partial charge on any atom is -0.351 e. The molecule has 1 aliphatic carbocycles. The minimum atomic E-state index is 0.211. The van der Waals surface area contributed by atoms with Crippen LogP contribution in [0.25, 0.3) is 0 Å². The van der Waals surface area contributed by atoms with E-state index < -0.39 is 0 Å². The van der Waals surface area contributed by atoms with Crippen molar-refractivity contribution < 1.29 is 4.79 Å². The first-order chi connectivity index (χ1) is 7.84. The van der Waals surface area contributed by atoms with E-state index in [1.807, 2.05) is 18.2 Å². The molecule has 16 heavy (non-hydrogen) atoms. The predicted molar refractivity (Wildman–Crippen MR) is 62.1 cm³/mol. The Kier molecular flexibility index (Phi) is 2.40. The standard InChI is InChI=1S/C13H16N2O/c16-13(15-10-7-14-8-10)12-6-11(12)9-4-2-1-3-5-9/h1-5,10-12,14H,6-8H2,(H,15,16). The van der Waals surface area contributed by atoms with E-state index >= 15 is 0 Å². The van der Waals surface area contributed by atoms with Crippen LogP contribution in [0.1, 0.15) is 17.9 Å². The smallest absolute Gasteiger partial charge is 0.224 e. The van der Waals surface area contributed by atoms with Crippen LogP contribution in [0.3, 0.4) is 0 Å². The molecule has 1 saturated heterocycles. The van der Waals surface area contributed by atoms with Crippen molar-refractivity contribution >= 4 is 5.91 Å². The van der Waals surface area contributed by atoms with Crippen molar-refractivity contribution in [2.75, 3.05) is 13.1 Å². The van der Waals surface area contributed by atoms with Gasteiger partial charge in [0.25, 0.3) is 0 Å². The van der Waals surface area contributed by atoms with E-state index in [2.05, 4.69) is 22.8 Å². The lowest BCUT2D eigenvalue weighted by Gasteiger charge is -2.28. The van der Waals surface area contributed by atoms with Crippen molar-refractivity contribution in [2.45, 2.75) is 18.4 Å². The SMILES string of the molecule is O=C(NC1CNC1)C1CC1c1ccccc1. The summed E-state index contributed by atoms with van der Waals surface area (Å²) in [6, 6.07) is 10.7. The fourth-order valence-corrected chi connectivity index (χ4v) is 2.25. The third-order valence-electron chi connectivity index (χ3n) is 3.48. The molecule has 2 unspecified atom stereocenters. The molecule has 0 aromatic heterocycles. The molecule has 0 spiro atoms. The number of carbonyl (C=O) groups is 1.